The van der Waals surface area contributed by atoms with E-state index in [9.17, 15) is 9.59 Å². The fourth-order valence-electron chi connectivity index (χ4n) is 6.81. The second kappa shape index (κ2) is 8.45. The molecule has 5 nitrogen and oxygen atoms in total. The van der Waals surface area contributed by atoms with Crippen molar-refractivity contribution in [1.82, 2.24) is 4.90 Å². The van der Waals surface area contributed by atoms with E-state index in [1.807, 2.05) is 60.7 Å². The lowest BCUT2D eigenvalue weighted by atomic mass is 9.56. The fraction of sp³-hybridized carbons (Fsp3) is 0.429. The minimum Gasteiger partial charge on any atom is -0.468 e. The number of carbonyl (C=O) groups excluding carboxylic acids is 2. The standard InChI is InChI=1S/C28H32N2O3/c1-33-26(32)28(27(25(29)31)17-9-8-16-22(27)30-18-10-11-19-30)23(20-12-4-2-5-13-20)24(28)21-14-6-3-7-15-21/h2-7,12-15,22H,8-11,16-19H2,1H3,(H2,29,31). The van der Waals surface area contributed by atoms with Gasteiger partial charge in [0.2, 0.25) is 5.91 Å². The Bertz CT molecular complexity index is 1020. The zero-order valence-electron chi connectivity index (χ0n) is 19.3. The highest BCUT2D eigenvalue weighted by molar-refractivity contribution is 6.29. The number of benzene rings is 2. The summed E-state index contributed by atoms with van der Waals surface area (Å²) in [6, 6.07) is 19.8. The lowest BCUT2D eigenvalue weighted by Crippen LogP contribution is -2.63. The molecule has 2 aromatic rings. The lowest BCUT2D eigenvalue weighted by molar-refractivity contribution is -0.161. The van der Waals surface area contributed by atoms with Gasteiger partial charge in [-0.1, -0.05) is 73.5 Å². The largest absolute Gasteiger partial charge is 0.468 e. The number of rotatable bonds is 6. The number of esters is 1. The summed E-state index contributed by atoms with van der Waals surface area (Å²) in [4.78, 5) is 30.0. The normalized spacial score (nSPS) is 26.8. The molecule has 2 unspecified atom stereocenters. The van der Waals surface area contributed by atoms with Crippen LogP contribution in [0.25, 0.3) is 11.1 Å². The van der Waals surface area contributed by atoms with Gasteiger partial charge in [0.1, 0.15) is 5.41 Å². The van der Waals surface area contributed by atoms with Crippen LogP contribution < -0.4 is 5.73 Å². The van der Waals surface area contributed by atoms with E-state index in [1.165, 1.54) is 7.11 Å². The zero-order valence-corrected chi connectivity index (χ0v) is 19.3. The molecule has 1 saturated carbocycles. The van der Waals surface area contributed by atoms with Gasteiger partial charge in [-0.3, -0.25) is 14.5 Å². The van der Waals surface area contributed by atoms with Crippen LogP contribution in [-0.2, 0) is 14.3 Å². The SMILES string of the molecule is COC(=O)C1(C2(C(N)=O)CCCCC2N2CCCC2)C(c2ccccc2)=C1c1ccccc1. The maximum absolute atomic E-state index is 13.9. The molecule has 2 aromatic carbocycles. The summed E-state index contributed by atoms with van der Waals surface area (Å²) in [6.45, 7) is 1.89. The molecule has 172 valence electrons. The molecule has 2 N–H and O–H groups in total. The third-order valence-corrected chi connectivity index (χ3v) is 8.11. The number of amides is 1. The Morgan fingerprint density at radius 3 is 1.91 bits per heavy atom. The van der Waals surface area contributed by atoms with E-state index < -0.39 is 10.8 Å². The molecule has 5 heteroatoms. The molecule has 2 atom stereocenters. The molecule has 1 aliphatic heterocycles. The number of primary amides is 1. The summed E-state index contributed by atoms with van der Waals surface area (Å²) < 4.78 is 5.51. The van der Waals surface area contributed by atoms with Gasteiger partial charge in [0.05, 0.1) is 12.5 Å². The van der Waals surface area contributed by atoms with Crippen LogP contribution in [0, 0.1) is 10.8 Å². The van der Waals surface area contributed by atoms with Gasteiger partial charge in [-0.2, -0.15) is 0 Å². The Morgan fingerprint density at radius 2 is 1.42 bits per heavy atom. The Morgan fingerprint density at radius 1 is 0.879 bits per heavy atom. The van der Waals surface area contributed by atoms with E-state index in [0.29, 0.717) is 6.42 Å². The van der Waals surface area contributed by atoms with Crippen molar-refractivity contribution in [3.8, 4) is 0 Å². The topological polar surface area (TPSA) is 72.6 Å². The van der Waals surface area contributed by atoms with Crippen molar-refractivity contribution in [3.05, 3.63) is 71.8 Å². The molecule has 1 amide bonds. The summed E-state index contributed by atoms with van der Waals surface area (Å²) >= 11 is 0. The first kappa shape index (κ1) is 21.9. The Balaban J connectivity index is 1.77. The quantitative estimate of drug-likeness (QED) is 0.675. The van der Waals surface area contributed by atoms with Gasteiger partial charge >= 0.3 is 5.97 Å². The van der Waals surface area contributed by atoms with E-state index in [4.69, 9.17) is 10.5 Å². The highest BCUT2D eigenvalue weighted by atomic mass is 16.5. The van der Waals surface area contributed by atoms with Gasteiger partial charge in [-0.05, 0) is 61.0 Å². The Hall–Kier alpha value is -2.92. The number of methoxy groups -OCH3 is 1. The Labute approximate surface area is 195 Å². The van der Waals surface area contributed by atoms with E-state index in [2.05, 4.69) is 4.90 Å². The van der Waals surface area contributed by atoms with Gasteiger partial charge in [-0.25, -0.2) is 0 Å². The lowest BCUT2D eigenvalue weighted by Gasteiger charge is -2.51. The van der Waals surface area contributed by atoms with Crippen LogP contribution in [0.15, 0.2) is 60.7 Å². The predicted octanol–water partition coefficient (Wildman–Crippen LogP) is 4.28. The van der Waals surface area contributed by atoms with Crippen LogP contribution in [0.1, 0.15) is 49.7 Å². The van der Waals surface area contributed by atoms with E-state index in [-0.39, 0.29) is 17.9 Å². The van der Waals surface area contributed by atoms with Crippen LogP contribution >= 0.6 is 0 Å². The van der Waals surface area contributed by atoms with Gasteiger partial charge in [0, 0.05) is 6.04 Å². The minimum absolute atomic E-state index is 0.0784. The van der Waals surface area contributed by atoms with Crippen molar-refractivity contribution in [2.24, 2.45) is 16.6 Å². The van der Waals surface area contributed by atoms with Crippen molar-refractivity contribution in [3.63, 3.8) is 0 Å². The first-order chi connectivity index (χ1) is 16.1. The van der Waals surface area contributed by atoms with Gasteiger partial charge in [0.25, 0.3) is 0 Å². The first-order valence-electron chi connectivity index (χ1n) is 12.1. The smallest absolute Gasteiger partial charge is 0.322 e. The second-order valence-electron chi connectivity index (χ2n) is 9.56. The third-order valence-electron chi connectivity index (χ3n) is 8.11. The summed E-state index contributed by atoms with van der Waals surface area (Å²) in [5.41, 5.74) is 7.83. The van der Waals surface area contributed by atoms with Crippen LogP contribution in [0.3, 0.4) is 0 Å². The van der Waals surface area contributed by atoms with Gasteiger partial charge in [0.15, 0.2) is 0 Å². The highest BCUT2D eigenvalue weighted by Crippen LogP contribution is 2.75. The average molecular weight is 445 g/mol. The summed E-state index contributed by atoms with van der Waals surface area (Å²) in [6.07, 6.45) is 5.59. The second-order valence-corrected chi connectivity index (χ2v) is 9.56. The van der Waals surface area contributed by atoms with Crippen LogP contribution in [-0.4, -0.2) is 43.0 Å². The highest BCUT2D eigenvalue weighted by Gasteiger charge is 2.76. The van der Waals surface area contributed by atoms with Crippen LogP contribution in [0.4, 0.5) is 0 Å². The van der Waals surface area contributed by atoms with Crippen LogP contribution in [0.2, 0.25) is 0 Å². The molecular formula is C28H32N2O3. The molecule has 3 aliphatic rings. The summed E-state index contributed by atoms with van der Waals surface area (Å²) in [7, 11) is 1.43. The molecule has 0 radical (unpaired) electrons. The summed E-state index contributed by atoms with van der Waals surface area (Å²) in [5.74, 6) is -0.756. The molecule has 1 heterocycles. The van der Waals surface area contributed by atoms with E-state index in [1.54, 1.807) is 0 Å². The number of likely N-dealkylation sites (tertiary alicyclic amines) is 1. The molecule has 2 fully saturated rings. The Kier molecular flexibility index (Phi) is 5.61. The number of carbonyl (C=O) groups is 2. The average Bonchev–Trinajstić information content (AvgIpc) is 3.27. The summed E-state index contributed by atoms with van der Waals surface area (Å²) in [5, 5.41) is 0. The number of nitrogens with two attached hydrogens (primary N) is 1. The maximum Gasteiger partial charge on any atom is 0.322 e. The number of hydrogen-bond donors (Lipinski definition) is 1. The number of hydrogen-bond acceptors (Lipinski definition) is 4. The molecule has 33 heavy (non-hydrogen) atoms. The number of nitrogens with zero attached hydrogens (tertiary/aromatic N) is 1. The molecule has 0 bridgehead atoms. The van der Waals surface area contributed by atoms with Crippen molar-refractivity contribution >= 4 is 23.0 Å². The first-order valence-corrected chi connectivity index (χ1v) is 12.1. The van der Waals surface area contributed by atoms with E-state index in [0.717, 1.165) is 67.5 Å². The maximum atomic E-state index is 13.9. The molecule has 5 rings (SSSR count). The van der Waals surface area contributed by atoms with Crippen molar-refractivity contribution in [2.45, 2.75) is 44.6 Å². The van der Waals surface area contributed by atoms with E-state index >= 15 is 0 Å². The van der Waals surface area contributed by atoms with Crippen molar-refractivity contribution in [2.75, 3.05) is 20.2 Å². The zero-order chi connectivity index (χ0) is 23.1. The predicted molar refractivity (Wildman–Crippen MR) is 129 cm³/mol. The molecule has 0 aromatic heterocycles. The molecule has 0 spiro atoms. The molecule has 2 aliphatic carbocycles. The van der Waals surface area contributed by atoms with Gasteiger partial charge in [-0.15, -0.1) is 0 Å². The third kappa shape index (κ3) is 3.09. The molecular weight excluding hydrogens is 412 g/mol. The van der Waals surface area contributed by atoms with Crippen molar-refractivity contribution < 1.29 is 14.3 Å². The molecule has 1 saturated heterocycles. The van der Waals surface area contributed by atoms with Crippen molar-refractivity contribution in [1.29, 1.82) is 0 Å². The monoisotopic (exact) mass is 444 g/mol. The number of ether oxygens (including phenoxy) is 1. The fourth-order valence-corrected chi connectivity index (χ4v) is 6.81. The van der Waals surface area contributed by atoms with Gasteiger partial charge < -0.3 is 10.5 Å². The van der Waals surface area contributed by atoms with Crippen LogP contribution in [0.5, 0.6) is 0 Å². The minimum atomic E-state index is -1.18.